The number of alkyl halides is 1. The lowest BCUT2D eigenvalue weighted by Crippen LogP contribution is -1.93. The standard InChI is InChI=1S/C8H9BrFN/c1-5-3-6(2)11-7(4-10)8(5)9/h3H,4H2,1-2H3. The van der Waals surface area contributed by atoms with Gasteiger partial charge in [0.25, 0.3) is 0 Å². The fraction of sp³-hybridized carbons (Fsp3) is 0.375. The molecule has 11 heavy (non-hydrogen) atoms. The first kappa shape index (κ1) is 8.65. The summed E-state index contributed by atoms with van der Waals surface area (Å²) in [6, 6.07) is 1.92. The van der Waals surface area contributed by atoms with Crippen molar-refractivity contribution in [3.63, 3.8) is 0 Å². The summed E-state index contributed by atoms with van der Waals surface area (Å²) in [7, 11) is 0. The van der Waals surface area contributed by atoms with E-state index in [9.17, 15) is 4.39 Å². The zero-order valence-corrected chi connectivity index (χ0v) is 8.07. The van der Waals surface area contributed by atoms with Crippen molar-refractivity contribution < 1.29 is 4.39 Å². The van der Waals surface area contributed by atoms with Crippen LogP contribution in [0.1, 0.15) is 17.0 Å². The lowest BCUT2D eigenvalue weighted by atomic mass is 10.2. The summed E-state index contributed by atoms with van der Waals surface area (Å²) in [5, 5.41) is 0. The van der Waals surface area contributed by atoms with Crippen LogP contribution in [0.4, 0.5) is 4.39 Å². The zero-order valence-electron chi connectivity index (χ0n) is 6.49. The Labute approximate surface area is 73.8 Å². The summed E-state index contributed by atoms with van der Waals surface area (Å²) in [5.41, 5.74) is 2.38. The van der Waals surface area contributed by atoms with Crippen LogP contribution in [0.3, 0.4) is 0 Å². The van der Waals surface area contributed by atoms with Gasteiger partial charge in [-0.25, -0.2) is 4.39 Å². The average Bonchev–Trinajstić information content (AvgIpc) is 1.96. The Balaban J connectivity index is 3.24. The van der Waals surface area contributed by atoms with Crippen molar-refractivity contribution in [2.45, 2.75) is 20.5 Å². The van der Waals surface area contributed by atoms with Gasteiger partial charge in [-0.15, -0.1) is 0 Å². The monoisotopic (exact) mass is 217 g/mol. The van der Waals surface area contributed by atoms with E-state index in [2.05, 4.69) is 20.9 Å². The average molecular weight is 218 g/mol. The first-order chi connectivity index (χ1) is 5.15. The highest BCUT2D eigenvalue weighted by Crippen LogP contribution is 2.20. The molecule has 1 rings (SSSR count). The normalized spacial score (nSPS) is 10.2. The minimum Gasteiger partial charge on any atom is -0.254 e. The van der Waals surface area contributed by atoms with Gasteiger partial charge in [0.15, 0.2) is 0 Å². The van der Waals surface area contributed by atoms with Crippen molar-refractivity contribution in [3.05, 3.63) is 27.5 Å². The molecule has 0 radical (unpaired) electrons. The topological polar surface area (TPSA) is 12.9 Å². The molecule has 0 aliphatic carbocycles. The van der Waals surface area contributed by atoms with Crippen molar-refractivity contribution in [2.75, 3.05) is 0 Å². The largest absolute Gasteiger partial charge is 0.254 e. The van der Waals surface area contributed by atoms with Gasteiger partial charge in [0.2, 0.25) is 0 Å². The van der Waals surface area contributed by atoms with Gasteiger partial charge in [0.1, 0.15) is 6.67 Å². The van der Waals surface area contributed by atoms with Gasteiger partial charge in [-0.2, -0.15) is 0 Å². The van der Waals surface area contributed by atoms with Crippen molar-refractivity contribution in [3.8, 4) is 0 Å². The highest BCUT2D eigenvalue weighted by Gasteiger charge is 2.04. The maximum absolute atomic E-state index is 12.3. The number of hydrogen-bond donors (Lipinski definition) is 0. The zero-order chi connectivity index (χ0) is 8.43. The molecule has 0 N–H and O–H groups in total. The highest BCUT2D eigenvalue weighted by atomic mass is 79.9. The Morgan fingerprint density at radius 2 is 2.18 bits per heavy atom. The molecule has 0 amide bonds. The summed E-state index contributed by atoms with van der Waals surface area (Å²) in [4.78, 5) is 4.03. The third-order valence-corrected chi connectivity index (χ3v) is 2.55. The molecule has 1 aromatic rings. The van der Waals surface area contributed by atoms with Gasteiger partial charge in [-0.3, -0.25) is 4.98 Å². The molecule has 1 aromatic heterocycles. The van der Waals surface area contributed by atoms with Crippen LogP contribution in [0.25, 0.3) is 0 Å². The van der Waals surface area contributed by atoms with E-state index in [1.54, 1.807) is 0 Å². The molecule has 3 heteroatoms. The van der Waals surface area contributed by atoms with E-state index in [1.807, 2.05) is 19.9 Å². The summed E-state index contributed by atoms with van der Waals surface area (Å²) in [5.74, 6) is 0. The van der Waals surface area contributed by atoms with Crippen LogP contribution >= 0.6 is 15.9 Å². The molecule has 0 aliphatic rings. The second-order valence-corrected chi connectivity index (χ2v) is 3.27. The molecule has 1 heterocycles. The molecule has 60 valence electrons. The summed E-state index contributed by atoms with van der Waals surface area (Å²) in [6.07, 6.45) is 0. The molecule has 0 aromatic carbocycles. The SMILES string of the molecule is Cc1cc(C)c(Br)c(CF)n1. The minimum atomic E-state index is -0.511. The Hall–Kier alpha value is -0.440. The molecule has 0 spiro atoms. The van der Waals surface area contributed by atoms with E-state index in [0.29, 0.717) is 5.69 Å². The quantitative estimate of drug-likeness (QED) is 0.706. The van der Waals surface area contributed by atoms with Crippen molar-refractivity contribution in [1.82, 2.24) is 4.98 Å². The van der Waals surface area contributed by atoms with E-state index in [4.69, 9.17) is 0 Å². The van der Waals surface area contributed by atoms with E-state index in [-0.39, 0.29) is 0 Å². The first-order valence-electron chi connectivity index (χ1n) is 3.33. The lowest BCUT2D eigenvalue weighted by Gasteiger charge is -2.03. The molecule has 0 atom stereocenters. The van der Waals surface area contributed by atoms with Crippen LogP contribution in [0.2, 0.25) is 0 Å². The Morgan fingerprint density at radius 3 is 2.73 bits per heavy atom. The fourth-order valence-corrected chi connectivity index (χ4v) is 1.30. The van der Waals surface area contributed by atoms with E-state index in [0.717, 1.165) is 15.7 Å². The second-order valence-electron chi connectivity index (χ2n) is 2.47. The maximum atomic E-state index is 12.3. The van der Waals surface area contributed by atoms with Crippen molar-refractivity contribution in [1.29, 1.82) is 0 Å². The predicted octanol–water partition coefficient (Wildman–Crippen LogP) is 2.93. The van der Waals surface area contributed by atoms with Crippen LogP contribution in [0.15, 0.2) is 10.5 Å². The number of aryl methyl sites for hydroxylation is 2. The Bertz CT molecular complexity index is 273. The number of hydrogen-bond acceptors (Lipinski definition) is 1. The van der Waals surface area contributed by atoms with Crippen LogP contribution in [0.5, 0.6) is 0 Å². The predicted molar refractivity (Wildman–Crippen MR) is 46.2 cm³/mol. The van der Waals surface area contributed by atoms with Gasteiger partial charge in [0.05, 0.1) is 5.69 Å². The molecule has 0 saturated carbocycles. The number of aromatic nitrogens is 1. The van der Waals surface area contributed by atoms with Crippen LogP contribution in [-0.2, 0) is 6.67 Å². The van der Waals surface area contributed by atoms with Gasteiger partial charge in [-0.05, 0) is 41.4 Å². The van der Waals surface area contributed by atoms with Gasteiger partial charge in [0, 0.05) is 10.2 Å². The van der Waals surface area contributed by atoms with Crippen molar-refractivity contribution >= 4 is 15.9 Å². The number of pyridine rings is 1. The molecule has 0 fully saturated rings. The lowest BCUT2D eigenvalue weighted by molar-refractivity contribution is 0.473. The molecular weight excluding hydrogens is 209 g/mol. The van der Waals surface area contributed by atoms with Crippen LogP contribution in [-0.4, -0.2) is 4.98 Å². The van der Waals surface area contributed by atoms with Crippen molar-refractivity contribution in [2.24, 2.45) is 0 Å². The van der Waals surface area contributed by atoms with Gasteiger partial charge in [-0.1, -0.05) is 0 Å². The fourth-order valence-electron chi connectivity index (χ4n) is 0.987. The molecule has 1 nitrogen and oxygen atoms in total. The van der Waals surface area contributed by atoms with Crippen LogP contribution < -0.4 is 0 Å². The maximum Gasteiger partial charge on any atom is 0.133 e. The van der Waals surface area contributed by atoms with E-state index >= 15 is 0 Å². The van der Waals surface area contributed by atoms with Gasteiger partial charge < -0.3 is 0 Å². The first-order valence-corrected chi connectivity index (χ1v) is 4.13. The summed E-state index contributed by atoms with van der Waals surface area (Å²) >= 11 is 3.27. The summed E-state index contributed by atoms with van der Waals surface area (Å²) in [6.45, 7) is 3.28. The molecule has 0 saturated heterocycles. The molecular formula is C8H9BrFN. The minimum absolute atomic E-state index is 0.488. The smallest absolute Gasteiger partial charge is 0.133 e. The van der Waals surface area contributed by atoms with E-state index in [1.165, 1.54) is 0 Å². The molecule has 0 bridgehead atoms. The van der Waals surface area contributed by atoms with E-state index < -0.39 is 6.67 Å². The van der Waals surface area contributed by atoms with Gasteiger partial charge >= 0.3 is 0 Å². The third-order valence-electron chi connectivity index (χ3n) is 1.46. The number of rotatable bonds is 1. The summed E-state index contributed by atoms with van der Waals surface area (Å²) < 4.78 is 13.0. The third kappa shape index (κ3) is 1.77. The second kappa shape index (κ2) is 3.30. The Morgan fingerprint density at radius 1 is 1.55 bits per heavy atom. The molecule has 0 aliphatic heterocycles. The van der Waals surface area contributed by atoms with Crippen LogP contribution in [0, 0.1) is 13.8 Å². The number of halogens is 2. The molecule has 0 unspecified atom stereocenters. The highest BCUT2D eigenvalue weighted by molar-refractivity contribution is 9.10. The Kier molecular flexibility index (Phi) is 2.60. The number of nitrogens with zero attached hydrogens (tertiary/aromatic N) is 1.